The zero-order valence-electron chi connectivity index (χ0n) is 15.1. The highest BCUT2D eigenvalue weighted by Gasteiger charge is 2.35. The molecule has 1 aliphatic heterocycles. The van der Waals surface area contributed by atoms with Crippen LogP contribution in [0.2, 0.25) is 0 Å². The van der Waals surface area contributed by atoms with E-state index in [1.165, 1.54) is 6.07 Å². The second-order valence-electron chi connectivity index (χ2n) is 6.85. The molecular weight excluding hydrogens is 388 g/mol. The van der Waals surface area contributed by atoms with Crippen molar-refractivity contribution in [1.82, 2.24) is 15.2 Å². The first kappa shape index (κ1) is 19.1. The van der Waals surface area contributed by atoms with Gasteiger partial charge in [0.05, 0.1) is 11.3 Å². The summed E-state index contributed by atoms with van der Waals surface area (Å²) in [5, 5.41) is 7.06. The van der Waals surface area contributed by atoms with E-state index < -0.39 is 17.6 Å². The quantitative estimate of drug-likeness (QED) is 0.652. The molecule has 1 aromatic carbocycles. The minimum atomic E-state index is -4.74. The van der Waals surface area contributed by atoms with Gasteiger partial charge in [-0.1, -0.05) is 6.07 Å². The van der Waals surface area contributed by atoms with Crippen molar-refractivity contribution in [2.24, 2.45) is 0 Å². The number of halogens is 4. The minimum Gasteiger partial charge on any atom is -0.297 e. The molecule has 5 nitrogen and oxygen atoms in total. The van der Waals surface area contributed by atoms with E-state index in [4.69, 9.17) is 0 Å². The fourth-order valence-electron chi connectivity index (χ4n) is 3.51. The number of carbonyl (C=O) groups excluding carboxylic acids is 1. The Kier molecular flexibility index (Phi) is 4.81. The molecule has 1 N–H and O–H groups in total. The summed E-state index contributed by atoms with van der Waals surface area (Å²) >= 11 is 0. The average molecular weight is 404 g/mol. The van der Waals surface area contributed by atoms with Crippen molar-refractivity contribution in [3.05, 3.63) is 65.7 Å². The van der Waals surface area contributed by atoms with Gasteiger partial charge in [0, 0.05) is 37.0 Å². The Morgan fingerprint density at radius 2 is 1.86 bits per heavy atom. The number of carbonyl (C=O) groups is 1. The van der Waals surface area contributed by atoms with E-state index in [-0.39, 0.29) is 18.2 Å². The van der Waals surface area contributed by atoms with Gasteiger partial charge in [0.25, 0.3) is 0 Å². The minimum absolute atomic E-state index is 0.0778. The Hall–Kier alpha value is -3.23. The van der Waals surface area contributed by atoms with Gasteiger partial charge in [-0.3, -0.25) is 19.8 Å². The van der Waals surface area contributed by atoms with Crippen LogP contribution in [0.15, 0.2) is 48.8 Å². The number of hydrogen-bond acceptors (Lipinski definition) is 3. The predicted octanol–water partition coefficient (Wildman–Crippen LogP) is 4.54. The van der Waals surface area contributed by atoms with Gasteiger partial charge in [-0.25, -0.2) is 4.39 Å². The first-order valence-electron chi connectivity index (χ1n) is 8.96. The summed E-state index contributed by atoms with van der Waals surface area (Å²) in [4.78, 5) is 18.1. The van der Waals surface area contributed by atoms with Crippen LogP contribution in [0.5, 0.6) is 0 Å². The highest BCUT2D eigenvalue weighted by atomic mass is 19.4. The van der Waals surface area contributed by atoms with Gasteiger partial charge in [-0.05, 0) is 42.2 Å². The lowest BCUT2D eigenvalue weighted by Gasteiger charge is -2.31. The summed E-state index contributed by atoms with van der Waals surface area (Å²) in [6.07, 6.45) is -0.878. The van der Waals surface area contributed by atoms with E-state index in [0.29, 0.717) is 30.0 Å². The Labute approximate surface area is 163 Å². The summed E-state index contributed by atoms with van der Waals surface area (Å²) in [5.41, 5.74) is 0.615. The van der Waals surface area contributed by atoms with Crippen LogP contribution in [-0.2, 0) is 11.0 Å². The summed E-state index contributed by atoms with van der Waals surface area (Å²) < 4.78 is 52.1. The Morgan fingerprint density at radius 1 is 1.10 bits per heavy atom. The van der Waals surface area contributed by atoms with Crippen molar-refractivity contribution in [1.29, 1.82) is 0 Å². The number of rotatable bonds is 3. The zero-order chi connectivity index (χ0) is 20.6. The Balaban J connectivity index is 1.49. The molecule has 1 fully saturated rings. The van der Waals surface area contributed by atoms with Gasteiger partial charge in [0.15, 0.2) is 0 Å². The second-order valence-corrected chi connectivity index (χ2v) is 6.85. The highest BCUT2D eigenvalue weighted by Crippen LogP contribution is 2.36. The molecular formula is C20H16F4N4O. The zero-order valence-corrected chi connectivity index (χ0v) is 15.1. The molecule has 29 heavy (non-hydrogen) atoms. The average Bonchev–Trinajstić information content (AvgIpc) is 3.17. The van der Waals surface area contributed by atoms with Crippen LogP contribution < -0.4 is 4.90 Å². The smallest absolute Gasteiger partial charge is 0.297 e. The van der Waals surface area contributed by atoms with Gasteiger partial charge >= 0.3 is 6.18 Å². The van der Waals surface area contributed by atoms with Crippen molar-refractivity contribution >= 4 is 11.7 Å². The van der Waals surface area contributed by atoms with E-state index in [9.17, 15) is 22.4 Å². The van der Waals surface area contributed by atoms with Crippen molar-refractivity contribution in [3.63, 3.8) is 0 Å². The van der Waals surface area contributed by atoms with Crippen LogP contribution in [0.4, 0.5) is 23.4 Å². The number of nitrogens with zero attached hydrogens (tertiary/aromatic N) is 3. The van der Waals surface area contributed by atoms with E-state index in [0.717, 1.165) is 17.7 Å². The predicted molar refractivity (Wildman–Crippen MR) is 97.5 cm³/mol. The standard InChI is InChI=1S/C20H16F4N4O/c21-16-9-13(1-2-15(16)20(22,23)24)14-5-8-28(19(29)10-14)18-11-17(26-27-18)12-3-6-25-7-4-12/h1-4,6-7,9,11,14H,5,8,10H2,(H,26,27). The lowest BCUT2D eigenvalue weighted by atomic mass is 9.88. The molecule has 3 aromatic rings. The van der Waals surface area contributed by atoms with Crippen LogP contribution in [-0.4, -0.2) is 27.6 Å². The number of aromatic amines is 1. The van der Waals surface area contributed by atoms with Crippen LogP contribution in [0, 0.1) is 5.82 Å². The van der Waals surface area contributed by atoms with Crippen LogP contribution >= 0.6 is 0 Å². The van der Waals surface area contributed by atoms with E-state index in [1.807, 2.05) is 0 Å². The number of amides is 1. The molecule has 0 bridgehead atoms. The van der Waals surface area contributed by atoms with Gasteiger partial charge in [-0.15, -0.1) is 0 Å². The molecule has 1 aliphatic rings. The molecule has 0 aliphatic carbocycles. The molecule has 4 rings (SSSR count). The molecule has 3 heterocycles. The number of nitrogens with one attached hydrogen (secondary N) is 1. The van der Waals surface area contributed by atoms with Crippen LogP contribution in [0.1, 0.15) is 29.9 Å². The molecule has 9 heteroatoms. The molecule has 0 radical (unpaired) electrons. The first-order valence-corrected chi connectivity index (χ1v) is 8.96. The summed E-state index contributed by atoms with van der Waals surface area (Å²) in [6, 6.07) is 8.22. The molecule has 1 saturated heterocycles. The second kappa shape index (κ2) is 7.31. The molecule has 1 atom stereocenters. The number of aromatic nitrogens is 3. The number of pyridine rings is 1. The number of alkyl halides is 3. The number of hydrogen-bond donors (Lipinski definition) is 1. The Bertz CT molecular complexity index is 1030. The molecule has 2 aromatic heterocycles. The Morgan fingerprint density at radius 3 is 2.52 bits per heavy atom. The highest BCUT2D eigenvalue weighted by molar-refractivity contribution is 5.94. The van der Waals surface area contributed by atoms with E-state index in [1.54, 1.807) is 35.5 Å². The van der Waals surface area contributed by atoms with E-state index in [2.05, 4.69) is 15.2 Å². The molecule has 1 amide bonds. The van der Waals surface area contributed by atoms with Gasteiger partial charge < -0.3 is 0 Å². The van der Waals surface area contributed by atoms with E-state index >= 15 is 0 Å². The molecule has 1 unspecified atom stereocenters. The topological polar surface area (TPSA) is 61.9 Å². The SMILES string of the molecule is O=C1CC(c2ccc(C(F)(F)F)c(F)c2)CCN1c1cc(-c2ccncc2)n[nH]1. The third kappa shape index (κ3) is 3.85. The van der Waals surface area contributed by atoms with Gasteiger partial charge in [-0.2, -0.15) is 18.3 Å². The molecule has 0 spiro atoms. The maximum Gasteiger partial charge on any atom is 0.419 e. The fraction of sp³-hybridized carbons (Fsp3) is 0.250. The maximum absolute atomic E-state index is 13.9. The lowest BCUT2D eigenvalue weighted by Crippen LogP contribution is -2.38. The normalized spacial score (nSPS) is 17.6. The number of benzene rings is 1. The van der Waals surface area contributed by atoms with Crippen molar-refractivity contribution in [2.45, 2.75) is 24.9 Å². The van der Waals surface area contributed by atoms with Gasteiger partial charge in [0.2, 0.25) is 5.91 Å². The first-order chi connectivity index (χ1) is 13.8. The van der Waals surface area contributed by atoms with Crippen molar-refractivity contribution in [3.8, 4) is 11.3 Å². The molecule has 0 saturated carbocycles. The van der Waals surface area contributed by atoms with Gasteiger partial charge in [0.1, 0.15) is 11.6 Å². The third-order valence-corrected chi connectivity index (χ3v) is 5.02. The third-order valence-electron chi connectivity index (χ3n) is 5.02. The van der Waals surface area contributed by atoms with Crippen molar-refractivity contribution in [2.75, 3.05) is 11.4 Å². The fourth-order valence-corrected chi connectivity index (χ4v) is 3.51. The monoisotopic (exact) mass is 404 g/mol. The van der Waals surface area contributed by atoms with Crippen molar-refractivity contribution < 1.29 is 22.4 Å². The summed E-state index contributed by atoms with van der Waals surface area (Å²) in [7, 11) is 0. The number of H-pyrrole nitrogens is 1. The summed E-state index contributed by atoms with van der Waals surface area (Å²) in [5.74, 6) is -1.32. The number of anilines is 1. The largest absolute Gasteiger partial charge is 0.419 e. The van der Waals surface area contributed by atoms with Crippen LogP contribution in [0.3, 0.4) is 0 Å². The molecule has 150 valence electrons. The lowest BCUT2D eigenvalue weighted by molar-refractivity contribution is -0.140. The summed E-state index contributed by atoms with van der Waals surface area (Å²) in [6.45, 7) is 0.351. The maximum atomic E-state index is 13.9. The van der Waals surface area contributed by atoms with Crippen LogP contribution in [0.25, 0.3) is 11.3 Å². The number of piperidine rings is 1.